The number of hydrogen-bond acceptors (Lipinski definition) is 8. The Bertz CT molecular complexity index is 1630. The third kappa shape index (κ3) is 5.40. The summed E-state index contributed by atoms with van der Waals surface area (Å²) in [4.78, 5) is 16.3. The number of fused-ring (bicyclic) bond motifs is 2. The third-order valence-electron chi connectivity index (χ3n) is 7.22. The number of ether oxygens (including phenoxy) is 1. The number of carbonyl (C=O) groups excluding carboxylic acids is 1. The lowest BCUT2D eigenvalue weighted by atomic mass is 10.1. The van der Waals surface area contributed by atoms with Crippen LogP contribution in [0, 0.1) is 11.6 Å². The molecule has 220 valence electrons. The number of halogens is 4. The molecule has 14 heteroatoms. The van der Waals surface area contributed by atoms with Gasteiger partial charge in [0, 0.05) is 35.8 Å². The van der Waals surface area contributed by atoms with Crippen LogP contribution in [0.5, 0.6) is 0 Å². The van der Waals surface area contributed by atoms with Crippen molar-refractivity contribution < 1.29 is 31.5 Å². The van der Waals surface area contributed by atoms with Crippen molar-refractivity contribution in [3.05, 3.63) is 65.7 Å². The number of rotatable bonds is 6. The minimum absolute atomic E-state index is 0.0374. The van der Waals surface area contributed by atoms with Gasteiger partial charge in [0.25, 0.3) is 5.89 Å². The van der Waals surface area contributed by atoms with E-state index in [-0.39, 0.29) is 47.6 Å². The highest BCUT2D eigenvalue weighted by atomic mass is 19.3. The van der Waals surface area contributed by atoms with Crippen molar-refractivity contribution in [3.63, 3.8) is 0 Å². The van der Waals surface area contributed by atoms with E-state index in [4.69, 9.17) is 9.15 Å². The molecule has 0 radical (unpaired) electrons. The van der Waals surface area contributed by atoms with E-state index >= 15 is 0 Å². The van der Waals surface area contributed by atoms with Crippen LogP contribution in [0.2, 0.25) is 0 Å². The van der Waals surface area contributed by atoms with Crippen LogP contribution in [0.15, 0.2) is 47.0 Å². The largest absolute Gasteiger partial charge is 0.444 e. The van der Waals surface area contributed by atoms with Gasteiger partial charge in [-0.1, -0.05) is 11.3 Å². The second-order valence-electron chi connectivity index (χ2n) is 11.3. The van der Waals surface area contributed by atoms with Gasteiger partial charge in [-0.3, -0.25) is 0 Å². The fourth-order valence-corrected chi connectivity index (χ4v) is 5.33. The first-order chi connectivity index (χ1) is 19.9. The van der Waals surface area contributed by atoms with Gasteiger partial charge < -0.3 is 19.0 Å². The lowest BCUT2D eigenvalue weighted by molar-refractivity contribution is 0.0214. The van der Waals surface area contributed by atoms with Crippen LogP contribution in [-0.4, -0.2) is 67.0 Å². The predicted molar refractivity (Wildman–Crippen MR) is 142 cm³/mol. The number of amides is 1. The molecule has 1 amide bonds. The first-order valence-electron chi connectivity index (χ1n) is 13.3. The molecule has 4 heterocycles. The maximum atomic E-state index is 15.0. The Morgan fingerprint density at radius 2 is 1.81 bits per heavy atom. The summed E-state index contributed by atoms with van der Waals surface area (Å²) in [7, 11) is 0. The zero-order valence-electron chi connectivity index (χ0n) is 23.0. The molecule has 6 rings (SSSR count). The van der Waals surface area contributed by atoms with Gasteiger partial charge in [-0.15, -0.1) is 15.3 Å². The van der Waals surface area contributed by atoms with E-state index < -0.39 is 23.7 Å². The Kier molecular flexibility index (Phi) is 6.86. The van der Waals surface area contributed by atoms with Crippen molar-refractivity contribution >= 4 is 11.8 Å². The molecule has 2 bridgehead atoms. The van der Waals surface area contributed by atoms with E-state index in [0.29, 0.717) is 30.0 Å². The zero-order chi connectivity index (χ0) is 29.8. The van der Waals surface area contributed by atoms with Crippen LogP contribution in [0.25, 0.3) is 22.7 Å². The summed E-state index contributed by atoms with van der Waals surface area (Å²) in [5.41, 5.74) is 1.36. The molecule has 2 aromatic carbocycles. The van der Waals surface area contributed by atoms with E-state index in [1.807, 2.05) is 25.7 Å². The van der Waals surface area contributed by atoms with Crippen molar-refractivity contribution in [3.8, 4) is 22.7 Å². The summed E-state index contributed by atoms with van der Waals surface area (Å²) in [5.74, 6) is -2.05. The topological polar surface area (TPSA) is 102 Å². The van der Waals surface area contributed by atoms with E-state index in [1.165, 1.54) is 22.9 Å². The summed E-state index contributed by atoms with van der Waals surface area (Å²) in [6.07, 6.45) is -0.933. The van der Waals surface area contributed by atoms with Gasteiger partial charge in [0.2, 0.25) is 5.89 Å². The van der Waals surface area contributed by atoms with E-state index in [9.17, 15) is 22.4 Å². The smallest absolute Gasteiger partial charge is 0.410 e. The minimum Gasteiger partial charge on any atom is -0.444 e. The summed E-state index contributed by atoms with van der Waals surface area (Å²) < 4.78 is 67.1. The first kappa shape index (κ1) is 27.7. The lowest BCUT2D eigenvalue weighted by Crippen LogP contribution is -2.50. The molecule has 0 unspecified atom stereocenters. The number of benzene rings is 2. The fraction of sp³-hybridized carbons (Fsp3) is 0.393. The Morgan fingerprint density at radius 3 is 2.48 bits per heavy atom. The molecule has 2 fully saturated rings. The van der Waals surface area contributed by atoms with Crippen molar-refractivity contribution in [1.82, 2.24) is 30.1 Å². The molecule has 2 saturated heterocycles. The van der Waals surface area contributed by atoms with Crippen molar-refractivity contribution in [2.45, 2.75) is 57.8 Å². The first-order valence-corrected chi connectivity index (χ1v) is 13.3. The molecule has 2 aliphatic rings. The molecule has 2 aliphatic heterocycles. The van der Waals surface area contributed by atoms with Gasteiger partial charge in [-0.25, -0.2) is 18.3 Å². The van der Waals surface area contributed by atoms with Gasteiger partial charge in [-0.05, 0) is 57.5 Å². The van der Waals surface area contributed by atoms with Crippen molar-refractivity contribution in [2.24, 2.45) is 0 Å². The number of carbonyl (C=O) groups is 1. The zero-order valence-corrected chi connectivity index (χ0v) is 23.0. The second-order valence-corrected chi connectivity index (χ2v) is 11.3. The van der Waals surface area contributed by atoms with E-state index in [1.54, 1.807) is 23.2 Å². The molecule has 0 saturated carbocycles. The van der Waals surface area contributed by atoms with Gasteiger partial charge >= 0.3 is 12.5 Å². The molecule has 2 atom stereocenters. The monoisotopic (exact) mass is 585 g/mol. The van der Waals surface area contributed by atoms with Crippen LogP contribution in [0.4, 0.5) is 28.0 Å². The SMILES string of the molecule is CC(C)(C)OC(=O)N1C[C@@H]2C[C@H]1CN2c1cc(-c2cn(Cc3ccc(-c4nnc(C(F)F)o4)cc3F)nn2)ccc1F. The van der Waals surface area contributed by atoms with Crippen LogP contribution in [-0.2, 0) is 11.3 Å². The number of piperazine rings is 1. The standard InChI is InChI=1S/C28H27F4N7O3/c1-28(2,3)42-27(40)39-13-18-10-19(39)12-38(18)23-9-15(6-7-20(23)29)22-14-37(36-33-22)11-17-5-4-16(8-21(17)30)25-34-35-26(41-25)24(31)32/h4-9,14,18-19,24H,10-13H2,1-3H3/t18-,19-/m0/s1. The molecule has 10 nitrogen and oxygen atoms in total. The van der Waals surface area contributed by atoms with Crippen LogP contribution in [0.3, 0.4) is 0 Å². The van der Waals surface area contributed by atoms with Gasteiger partial charge in [0.15, 0.2) is 0 Å². The van der Waals surface area contributed by atoms with Gasteiger partial charge in [0.05, 0.1) is 24.5 Å². The third-order valence-corrected chi connectivity index (χ3v) is 7.22. The number of alkyl halides is 2. The van der Waals surface area contributed by atoms with Crippen LogP contribution >= 0.6 is 0 Å². The van der Waals surface area contributed by atoms with Crippen LogP contribution in [0.1, 0.15) is 45.1 Å². The quantitative estimate of drug-likeness (QED) is 0.275. The number of likely N-dealkylation sites (tertiary alicyclic amines) is 1. The maximum Gasteiger partial charge on any atom is 0.410 e. The lowest BCUT2D eigenvalue weighted by Gasteiger charge is -2.36. The van der Waals surface area contributed by atoms with E-state index in [2.05, 4.69) is 20.5 Å². The predicted octanol–water partition coefficient (Wildman–Crippen LogP) is 5.46. The Morgan fingerprint density at radius 1 is 1.02 bits per heavy atom. The highest BCUT2D eigenvalue weighted by molar-refractivity contribution is 5.71. The maximum absolute atomic E-state index is 15.0. The molecule has 0 spiro atoms. The normalized spacial score (nSPS) is 18.4. The molecule has 0 N–H and O–H groups in total. The number of nitrogens with zero attached hydrogens (tertiary/aromatic N) is 7. The second kappa shape index (κ2) is 10.4. The average molecular weight is 586 g/mol. The highest BCUT2D eigenvalue weighted by Gasteiger charge is 2.47. The fourth-order valence-electron chi connectivity index (χ4n) is 5.33. The summed E-state index contributed by atoms with van der Waals surface area (Å²) in [5, 5.41) is 15.1. The Balaban J connectivity index is 1.15. The Labute approximate surface area is 237 Å². The average Bonchev–Trinajstić information content (AvgIpc) is 3.73. The summed E-state index contributed by atoms with van der Waals surface area (Å²) >= 11 is 0. The number of hydrogen-bond donors (Lipinski definition) is 0. The Hall–Kier alpha value is -4.49. The van der Waals surface area contributed by atoms with Gasteiger partial charge in [-0.2, -0.15) is 8.78 Å². The summed E-state index contributed by atoms with van der Waals surface area (Å²) in [6, 6.07) is 8.64. The summed E-state index contributed by atoms with van der Waals surface area (Å²) in [6.45, 7) is 6.43. The molecular weight excluding hydrogens is 558 g/mol. The molecular formula is C28H27F4N7O3. The molecule has 0 aliphatic carbocycles. The van der Waals surface area contributed by atoms with Crippen LogP contribution < -0.4 is 4.90 Å². The van der Waals surface area contributed by atoms with Crippen molar-refractivity contribution in [1.29, 1.82) is 0 Å². The number of aromatic nitrogens is 5. The minimum atomic E-state index is -2.92. The molecule has 2 aromatic heterocycles. The molecule has 4 aromatic rings. The van der Waals surface area contributed by atoms with E-state index in [0.717, 1.165) is 12.5 Å². The van der Waals surface area contributed by atoms with Crippen molar-refractivity contribution in [2.75, 3.05) is 18.0 Å². The van der Waals surface area contributed by atoms with Gasteiger partial charge in [0.1, 0.15) is 22.9 Å². The highest BCUT2D eigenvalue weighted by Crippen LogP contribution is 2.38. The number of anilines is 1. The molecule has 42 heavy (non-hydrogen) atoms.